The van der Waals surface area contributed by atoms with Crippen LogP contribution in [0, 0.1) is 0 Å². The van der Waals surface area contributed by atoms with Crippen molar-refractivity contribution in [3.05, 3.63) is 12.7 Å². The number of hydrogen-bond acceptors (Lipinski definition) is 3. The Morgan fingerprint density at radius 2 is 2.29 bits per heavy atom. The Labute approximate surface area is 106 Å². The van der Waals surface area contributed by atoms with E-state index >= 15 is 0 Å². The van der Waals surface area contributed by atoms with Gasteiger partial charge in [0.2, 0.25) is 0 Å². The van der Waals surface area contributed by atoms with E-state index in [-0.39, 0.29) is 0 Å². The second-order valence-corrected chi connectivity index (χ2v) is 4.90. The van der Waals surface area contributed by atoms with Crippen molar-refractivity contribution in [3.8, 4) is 0 Å². The van der Waals surface area contributed by atoms with Crippen LogP contribution in [0.15, 0.2) is 12.7 Å². The monoisotopic (exact) mass is 240 g/mol. The lowest BCUT2D eigenvalue weighted by molar-refractivity contribution is 0.123. The van der Waals surface area contributed by atoms with Crippen molar-refractivity contribution in [1.82, 2.24) is 10.2 Å². The van der Waals surface area contributed by atoms with Gasteiger partial charge in [0.15, 0.2) is 0 Å². The number of methoxy groups -OCH3 is 1. The fourth-order valence-corrected chi connectivity index (χ4v) is 2.13. The molecule has 0 amide bonds. The lowest BCUT2D eigenvalue weighted by Gasteiger charge is -2.31. The van der Waals surface area contributed by atoms with E-state index in [2.05, 4.69) is 23.7 Å². The first-order valence-corrected chi connectivity index (χ1v) is 6.89. The molecule has 1 fully saturated rings. The molecule has 0 aromatic carbocycles. The Bertz CT molecular complexity index is 204. The summed E-state index contributed by atoms with van der Waals surface area (Å²) in [7, 11) is 1.77. The second-order valence-electron chi connectivity index (χ2n) is 4.90. The zero-order valence-corrected chi connectivity index (χ0v) is 11.5. The average molecular weight is 240 g/mol. The quantitative estimate of drug-likeness (QED) is 0.559. The van der Waals surface area contributed by atoms with Crippen molar-refractivity contribution in [2.24, 2.45) is 0 Å². The summed E-state index contributed by atoms with van der Waals surface area (Å²) in [6, 6.07) is 1.41. The topological polar surface area (TPSA) is 24.5 Å². The molecule has 1 N–H and O–H groups in total. The molecule has 1 saturated carbocycles. The molecule has 0 aliphatic heterocycles. The Kier molecular flexibility index (Phi) is 7.49. The molecule has 0 spiro atoms. The molecular weight excluding hydrogens is 212 g/mol. The van der Waals surface area contributed by atoms with Crippen LogP contribution in [-0.4, -0.2) is 50.3 Å². The van der Waals surface area contributed by atoms with Gasteiger partial charge in [-0.05, 0) is 19.3 Å². The summed E-state index contributed by atoms with van der Waals surface area (Å²) in [5, 5.41) is 3.64. The van der Waals surface area contributed by atoms with Crippen LogP contribution in [0.25, 0.3) is 0 Å². The molecule has 1 aliphatic carbocycles. The Hall–Kier alpha value is -0.380. The van der Waals surface area contributed by atoms with Gasteiger partial charge < -0.3 is 10.1 Å². The second kappa shape index (κ2) is 8.67. The van der Waals surface area contributed by atoms with Crippen molar-refractivity contribution >= 4 is 0 Å². The molecule has 0 bridgehead atoms. The van der Waals surface area contributed by atoms with Crippen molar-refractivity contribution < 1.29 is 4.74 Å². The fourth-order valence-electron chi connectivity index (χ4n) is 2.13. The van der Waals surface area contributed by atoms with Gasteiger partial charge in [-0.3, -0.25) is 4.90 Å². The third-order valence-electron chi connectivity index (χ3n) is 3.30. The van der Waals surface area contributed by atoms with Gasteiger partial charge in [0.1, 0.15) is 0 Å². The maximum Gasteiger partial charge on any atom is 0.0589 e. The van der Waals surface area contributed by atoms with Crippen LogP contribution in [0.2, 0.25) is 0 Å². The van der Waals surface area contributed by atoms with E-state index in [4.69, 9.17) is 4.74 Å². The molecule has 1 rings (SSSR count). The van der Waals surface area contributed by atoms with E-state index in [0.717, 1.165) is 32.3 Å². The lowest BCUT2D eigenvalue weighted by atomic mass is 10.1. The molecular formula is C14H28N2O. The number of nitrogens with zero attached hydrogens (tertiary/aromatic N) is 1. The Morgan fingerprint density at radius 1 is 1.53 bits per heavy atom. The van der Waals surface area contributed by atoms with Gasteiger partial charge >= 0.3 is 0 Å². The summed E-state index contributed by atoms with van der Waals surface area (Å²) >= 11 is 0. The van der Waals surface area contributed by atoms with Crippen LogP contribution < -0.4 is 5.32 Å². The summed E-state index contributed by atoms with van der Waals surface area (Å²) in [5.74, 6) is 0. The third kappa shape index (κ3) is 6.20. The van der Waals surface area contributed by atoms with Crippen LogP contribution in [0.5, 0.6) is 0 Å². The van der Waals surface area contributed by atoms with E-state index < -0.39 is 0 Å². The third-order valence-corrected chi connectivity index (χ3v) is 3.30. The van der Waals surface area contributed by atoms with Gasteiger partial charge in [-0.15, -0.1) is 6.58 Å². The Balaban J connectivity index is 2.38. The summed E-state index contributed by atoms with van der Waals surface area (Å²) in [6.45, 7) is 9.98. The molecule has 0 aromatic rings. The van der Waals surface area contributed by atoms with Gasteiger partial charge in [-0.1, -0.05) is 19.4 Å². The van der Waals surface area contributed by atoms with E-state index in [1.165, 1.54) is 25.7 Å². The highest BCUT2D eigenvalue weighted by Gasteiger charge is 2.23. The van der Waals surface area contributed by atoms with Gasteiger partial charge in [-0.2, -0.15) is 0 Å². The molecule has 100 valence electrons. The van der Waals surface area contributed by atoms with Crippen molar-refractivity contribution in [3.63, 3.8) is 0 Å². The van der Waals surface area contributed by atoms with E-state index in [1.54, 1.807) is 7.11 Å². The molecule has 0 aromatic heterocycles. The SMILES string of the molecule is C=CCN(CCOC)C(CCC)CNC1CC1. The highest BCUT2D eigenvalue weighted by Crippen LogP contribution is 2.19. The van der Waals surface area contributed by atoms with Crippen LogP contribution >= 0.6 is 0 Å². The molecule has 0 radical (unpaired) electrons. The Morgan fingerprint density at radius 3 is 2.82 bits per heavy atom. The fraction of sp³-hybridized carbons (Fsp3) is 0.857. The maximum absolute atomic E-state index is 5.19. The normalized spacial score (nSPS) is 17.4. The van der Waals surface area contributed by atoms with E-state index in [1.807, 2.05) is 6.08 Å². The number of rotatable bonds is 11. The average Bonchev–Trinajstić information content (AvgIpc) is 3.14. The number of hydrogen-bond donors (Lipinski definition) is 1. The summed E-state index contributed by atoms with van der Waals surface area (Å²) in [6.07, 6.45) is 7.20. The standard InChI is InChI=1S/C14H28N2O/c1-4-6-14(12-15-13-7-8-13)16(9-5-2)10-11-17-3/h5,13-15H,2,4,6-12H2,1,3H3. The summed E-state index contributed by atoms with van der Waals surface area (Å²) < 4.78 is 5.19. The van der Waals surface area contributed by atoms with Crippen molar-refractivity contribution in [2.75, 3.05) is 33.4 Å². The summed E-state index contributed by atoms with van der Waals surface area (Å²) in [4.78, 5) is 2.48. The first kappa shape index (κ1) is 14.7. The first-order chi connectivity index (χ1) is 8.31. The van der Waals surface area contributed by atoms with Gasteiger partial charge in [0.05, 0.1) is 6.61 Å². The largest absolute Gasteiger partial charge is 0.383 e. The summed E-state index contributed by atoms with van der Waals surface area (Å²) in [5.41, 5.74) is 0. The smallest absolute Gasteiger partial charge is 0.0589 e. The van der Waals surface area contributed by atoms with Crippen LogP contribution in [0.1, 0.15) is 32.6 Å². The lowest BCUT2D eigenvalue weighted by Crippen LogP contribution is -2.44. The van der Waals surface area contributed by atoms with Crippen molar-refractivity contribution in [2.45, 2.75) is 44.7 Å². The number of ether oxygens (including phenoxy) is 1. The van der Waals surface area contributed by atoms with E-state index in [9.17, 15) is 0 Å². The zero-order valence-electron chi connectivity index (χ0n) is 11.5. The molecule has 3 nitrogen and oxygen atoms in total. The molecule has 0 saturated heterocycles. The zero-order chi connectivity index (χ0) is 12.5. The van der Waals surface area contributed by atoms with E-state index in [0.29, 0.717) is 6.04 Å². The first-order valence-electron chi connectivity index (χ1n) is 6.89. The molecule has 1 unspecified atom stereocenters. The molecule has 1 aliphatic rings. The predicted octanol–water partition coefficient (Wildman–Crippen LogP) is 2.04. The van der Waals surface area contributed by atoms with Crippen LogP contribution in [-0.2, 0) is 4.74 Å². The van der Waals surface area contributed by atoms with Crippen LogP contribution in [0.4, 0.5) is 0 Å². The minimum absolute atomic E-state index is 0.619. The highest BCUT2D eigenvalue weighted by atomic mass is 16.5. The maximum atomic E-state index is 5.19. The molecule has 17 heavy (non-hydrogen) atoms. The van der Waals surface area contributed by atoms with Gasteiger partial charge in [-0.25, -0.2) is 0 Å². The van der Waals surface area contributed by atoms with Gasteiger partial charge in [0.25, 0.3) is 0 Å². The molecule has 0 heterocycles. The number of nitrogens with one attached hydrogen (secondary N) is 1. The predicted molar refractivity (Wildman–Crippen MR) is 73.4 cm³/mol. The minimum Gasteiger partial charge on any atom is -0.383 e. The minimum atomic E-state index is 0.619. The van der Waals surface area contributed by atoms with Crippen LogP contribution in [0.3, 0.4) is 0 Å². The van der Waals surface area contributed by atoms with Gasteiger partial charge in [0, 0.05) is 38.8 Å². The molecule has 1 atom stereocenters. The highest BCUT2D eigenvalue weighted by molar-refractivity contribution is 4.86. The molecule has 3 heteroatoms. The van der Waals surface area contributed by atoms with Crippen molar-refractivity contribution in [1.29, 1.82) is 0 Å².